The summed E-state index contributed by atoms with van der Waals surface area (Å²) in [5.41, 5.74) is 7.15. The largest absolute Gasteiger partial charge is 0.346 e. The number of hydrogen-bond donors (Lipinski definition) is 2. The van der Waals surface area contributed by atoms with Crippen molar-refractivity contribution in [2.24, 2.45) is 0 Å². The van der Waals surface area contributed by atoms with Crippen molar-refractivity contribution in [1.29, 1.82) is 0 Å². The quantitative estimate of drug-likeness (QED) is 0.473. The third-order valence-corrected chi connectivity index (χ3v) is 8.09. The van der Waals surface area contributed by atoms with Crippen LogP contribution in [0.4, 0.5) is 5.69 Å². The Labute approximate surface area is 202 Å². The molecule has 0 radical (unpaired) electrons. The summed E-state index contributed by atoms with van der Waals surface area (Å²) in [5, 5.41) is 3.03. The highest BCUT2D eigenvalue weighted by Crippen LogP contribution is 2.26. The minimum atomic E-state index is -3.86. The van der Waals surface area contributed by atoms with Gasteiger partial charge in [0.1, 0.15) is 0 Å². The lowest BCUT2D eigenvalue weighted by molar-refractivity contribution is 0.0939. The van der Waals surface area contributed by atoms with E-state index in [-0.39, 0.29) is 16.8 Å². The van der Waals surface area contributed by atoms with E-state index < -0.39 is 10.0 Å². The maximum atomic E-state index is 13.2. The number of carbonyl (C=O) groups is 1. The summed E-state index contributed by atoms with van der Waals surface area (Å²) in [7, 11) is -3.86. The second kappa shape index (κ2) is 9.63. The first-order chi connectivity index (χ1) is 16.1. The summed E-state index contributed by atoms with van der Waals surface area (Å²) < 4.78 is 29.0. The Balaban J connectivity index is 1.54. The zero-order valence-corrected chi connectivity index (χ0v) is 21.1. The van der Waals surface area contributed by atoms with E-state index in [1.165, 1.54) is 30.0 Å². The average molecular weight is 477 g/mol. The van der Waals surface area contributed by atoms with E-state index >= 15 is 0 Å². The normalized spacial score (nSPS) is 14.2. The van der Waals surface area contributed by atoms with E-state index in [2.05, 4.69) is 28.2 Å². The fourth-order valence-electron chi connectivity index (χ4n) is 4.54. The topological polar surface area (TPSA) is 75.3 Å². The molecule has 0 aromatic heterocycles. The first-order valence-corrected chi connectivity index (χ1v) is 13.3. The molecule has 3 aromatic rings. The molecule has 2 N–H and O–H groups in total. The number of carbonyl (C=O) groups excluding carboxylic acids is 1. The Kier molecular flexibility index (Phi) is 6.80. The number of benzene rings is 3. The maximum absolute atomic E-state index is 13.2. The van der Waals surface area contributed by atoms with Crippen LogP contribution >= 0.6 is 0 Å². The first kappa shape index (κ1) is 24.0. The Hall–Kier alpha value is -3.12. The van der Waals surface area contributed by atoms with E-state index in [0.29, 0.717) is 16.8 Å². The van der Waals surface area contributed by atoms with E-state index in [1.54, 1.807) is 25.1 Å². The summed E-state index contributed by atoms with van der Waals surface area (Å²) in [4.78, 5) is 13.1. The van der Waals surface area contributed by atoms with Crippen molar-refractivity contribution in [3.05, 3.63) is 93.5 Å². The van der Waals surface area contributed by atoms with Crippen LogP contribution in [0, 0.1) is 20.8 Å². The Morgan fingerprint density at radius 3 is 2.32 bits per heavy atom. The number of hydrogen-bond acceptors (Lipinski definition) is 3. The maximum Gasteiger partial charge on any atom is 0.262 e. The van der Waals surface area contributed by atoms with Gasteiger partial charge in [0.15, 0.2) is 0 Å². The van der Waals surface area contributed by atoms with Crippen LogP contribution in [0.5, 0.6) is 0 Å². The SMILES string of the molecule is Cc1ccc(NS(=O)(=O)c2cc(C(=O)N[C@H](C)c3ccc4c(c3)CCCC4)ccc2C)c(C)c1. The van der Waals surface area contributed by atoms with Crippen LogP contribution in [-0.2, 0) is 22.9 Å². The van der Waals surface area contributed by atoms with Gasteiger partial charge in [-0.15, -0.1) is 0 Å². The molecule has 0 fully saturated rings. The Morgan fingerprint density at radius 2 is 1.59 bits per heavy atom. The highest BCUT2D eigenvalue weighted by molar-refractivity contribution is 7.92. The molecule has 0 heterocycles. The third kappa shape index (κ3) is 5.17. The summed E-state index contributed by atoms with van der Waals surface area (Å²) in [5.74, 6) is -0.298. The molecule has 0 saturated heterocycles. The molecule has 1 aliphatic rings. The molecule has 178 valence electrons. The summed E-state index contributed by atoms with van der Waals surface area (Å²) in [6.07, 6.45) is 4.63. The van der Waals surface area contributed by atoms with Gasteiger partial charge in [-0.1, -0.05) is 42.0 Å². The molecule has 0 unspecified atom stereocenters. The minimum Gasteiger partial charge on any atom is -0.346 e. The van der Waals surface area contributed by atoms with Gasteiger partial charge >= 0.3 is 0 Å². The molecule has 1 atom stereocenters. The zero-order chi connectivity index (χ0) is 24.5. The van der Waals surface area contributed by atoms with Gasteiger partial charge in [0, 0.05) is 5.56 Å². The number of anilines is 1. The fraction of sp³-hybridized carbons (Fsp3) is 0.321. The monoisotopic (exact) mass is 476 g/mol. The van der Waals surface area contributed by atoms with Gasteiger partial charge in [-0.05, 0) is 99.4 Å². The first-order valence-electron chi connectivity index (χ1n) is 11.8. The molecular formula is C28H32N2O3S. The van der Waals surface area contributed by atoms with Crippen molar-refractivity contribution in [2.45, 2.75) is 64.3 Å². The van der Waals surface area contributed by atoms with Crippen LogP contribution in [0.1, 0.15) is 69.5 Å². The molecule has 0 bridgehead atoms. The molecule has 1 amide bonds. The van der Waals surface area contributed by atoms with Gasteiger partial charge < -0.3 is 5.32 Å². The number of aryl methyl sites for hydroxylation is 5. The predicted octanol–water partition coefficient (Wildman–Crippen LogP) is 5.78. The van der Waals surface area contributed by atoms with E-state index in [0.717, 1.165) is 29.5 Å². The molecule has 0 spiro atoms. The molecular weight excluding hydrogens is 444 g/mol. The number of amides is 1. The molecule has 0 aliphatic heterocycles. The predicted molar refractivity (Wildman–Crippen MR) is 137 cm³/mol. The Bertz CT molecular complexity index is 1350. The molecule has 1 aliphatic carbocycles. The number of fused-ring (bicyclic) bond motifs is 1. The van der Waals surface area contributed by atoms with Crippen LogP contribution in [0.25, 0.3) is 0 Å². The number of rotatable bonds is 6. The van der Waals surface area contributed by atoms with Crippen LogP contribution in [-0.4, -0.2) is 14.3 Å². The van der Waals surface area contributed by atoms with Gasteiger partial charge in [0.25, 0.3) is 15.9 Å². The second-order valence-electron chi connectivity index (χ2n) is 9.33. The van der Waals surface area contributed by atoms with Crippen LogP contribution in [0.3, 0.4) is 0 Å². The van der Waals surface area contributed by atoms with E-state index in [1.807, 2.05) is 32.9 Å². The van der Waals surface area contributed by atoms with Crippen LogP contribution in [0.2, 0.25) is 0 Å². The van der Waals surface area contributed by atoms with E-state index in [9.17, 15) is 13.2 Å². The Morgan fingerprint density at radius 1 is 0.853 bits per heavy atom. The molecule has 0 saturated carbocycles. The highest BCUT2D eigenvalue weighted by atomic mass is 32.2. The van der Waals surface area contributed by atoms with Crippen LogP contribution in [0.15, 0.2) is 59.5 Å². The number of nitrogens with one attached hydrogen (secondary N) is 2. The van der Waals surface area contributed by atoms with Gasteiger partial charge in [-0.3, -0.25) is 9.52 Å². The van der Waals surface area contributed by atoms with Gasteiger partial charge in [-0.2, -0.15) is 0 Å². The average Bonchev–Trinajstić information content (AvgIpc) is 2.80. The highest BCUT2D eigenvalue weighted by Gasteiger charge is 2.21. The third-order valence-electron chi connectivity index (χ3n) is 6.59. The lowest BCUT2D eigenvalue weighted by Gasteiger charge is -2.20. The summed E-state index contributed by atoms with van der Waals surface area (Å²) in [6, 6.07) is 16.6. The van der Waals surface area contributed by atoms with Crippen molar-refractivity contribution < 1.29 is 13.2 Å². The lowest BCUT2D eigenvalue weighted by Crippen LogP contribution is -2.27. The smallest absolute Gasteiger partial charge is 0.262 e. The van der Waals surface area contributed by atoms with Crippen molar-refractivity contribution >= 4 is 21.6 Å². The molecule has 34 heavy (non-hydrogen) atoms. The number of sulfonamides is 1. The second-order valence-corrected chi connectivity index (χ2v) is 11.0. The molecule has 4 rings (SSSR count). The van der Waals surface area contributed by atoms with Gasteiger partial charge in [0.2, 0.25) is 0 Å². The molecule has 3 aromatic carbocycles. The van der Waals surface area contributed by atoms with Crippen molar-refractivity contribution in [3.63, 3.8) is 0 Å². The molecule has 5 nitrogen and oxygen atoms in total. The summed E-state index contributed by atoms with van der Waals surface area (Å²) >= 11 is 0. The summed E-state index contributed by atoms with van der Waals surface area (Å²) in [6.45, 7) is 7.51. The van der Waals surface area contributed by atoms with Crippen molar-refractivity contribution in [1.82, 2.24) is 5.32 Å². The van der Waals surface area contributed by atoms with Gasteiger partial charge in [-0.25, -0.2) is 8.42 Å². The van der Waals surface area contributed by atoms with Crippen molar-refractivity contribution in [3.8, 4) is 0 Å². The van der Waals surface area contributed by atoms with Crippen molar-refractivity contribution in [2.75, 3.05) is 4.72 Å². The minimum absolute atomic E-state index is 0.0987. The molecule has 6 heteroatoms. The zero-order valence-electron chi connectivity index (χ0n) is 20.2. The van der Waals surface area contributed by atoms with E-state index in [4.69, 9.17) is 0 Å². The lowest BCUT2D eigenvalue weighted by atomic mass is 9.89. The van der Waals surface area contributed by atoms with Crippen LogP contribution < -0.4 is 10.0 Å². The standard InChI is InChI=1S/C28H32N2O3S/c1-18-9-14-26(20(3)15-18)30-34(32,33)27-17-25(11-10-19(27)2)28(31)29-21(4)23-13-12-22-7-5-6-8-24(22)16-23/h9-17,21,30H,5-8H2,1-4H3,(H,29,31)/t21-/m1/s1. The van der Waals surface area contributed by atoms with Gasteiger partial charge in [0.05, 0.1) is 16.6 Å². The fourth-order valence-corrected chi connectivity index (χ4v) is 5.95.